The third-order valence-corrected chi connectivity index (χ3v) is 2.80. The quantitative estimate of drug-likeness (QED) is 0.635. The van der Waals surface area contributed by atoms with Crippen molar-refractivity contribution in [1.82, 2.24) is 0 Å². The maximum absolute atomic E-state index is 3.16. The first kappa shape index (κ1) is 8.43. The summed E-state index contributed by atoms with van der Waals surface area (Å²) in [5.41, 5.74) is 4.46. The van der Waals surface area contributed by atoms with Crippen LogP contribution in [0.3, 0.4) is 0 Å². The van der Waals surface area contributed by atoms with Crippen molar-refractivity contribution in [1.29, 1.82) is 0 Å². The van der Waals surface area contributed by atoms with Crippen LogP contribution in [-0.4, -0.2) is 0 Å². The highest BCUT2D eigenvalue weighted by molar-refractivity contribution is 8.03. The van der Waals surface area contributed by atoms with Crippen molar-refractivity contribution in [3.8, 4) is 0 Å². The summed E-state index contributed by atoms with van der Waals surface area (Å²) in [6.45, 7) is 2.10. The minimum Gasteiger partial charge on any atom is -0.106 e. The molecule has 0 atom stereocenters. The molecule has 0 spiro atoms. The molecule has 1 aliphatic carbocycles. The Kier molecular flexibility index (Phi) is 2.40. The summed E-state index contributed by atoms with van der Waals surface area (Å²) in [6.07, 6.45) is 6.03. The Morgan fingerprint density at radius 3 is 2.54 bits per heavy atom. The zero-order valence-electron chi connectivity index (χ0n) is 7.45. The molecule has 0 aromatic heterocycles. The van der Waals surface area contributed by atoms with E-state index in [-0.39, 0.29) is 0 Å². The van der Waals surface area contributed by atoms with Crippen LogP contribution < -0.4 is 0 Å². The molecule has 0 radical (unpaired) electrons. The van der Waals surface area contributed by atoms with Crippen LogP contribution in [0, 0.1) is 6.92 Å². The smallest absolute Gasteiger partial charge is 0.0541 e. The van der Waals surface area contributed by atoms with Gasteiger partial charge in [0, 0.05) is 4.90 Å². The Morgan fingerprint density at radius 2 is 1.92 bits per heavy atom. The van der Waals surface area contributed by atoms with Crippen LogP contribution in [0.15, 0.2) is 58.0 Å². The van der Waals surface area contributed by atoms with E-state index in [0.29, 0.717) is 0 Å². The lowest BCUT2D eigenvalue weighted by Crippen LogP contribution is -1.73. The molecule has 0 heterocycles. The Morgan fingerprint density at radius 1 is 1.15 bits per heavy atom. The monoisotopic (exact) mass is 186 g/mol. The van der Waals surface area contributed by atoms with Gasteiger partial charge in [-0.2, -0.15) is 0 Å². The van der Waals surface area contributed by atoms with Crippen LogP contribution >= 0.6 is 11.8 Å². The van der Waals surface area contributed by atoms with Gasteiger partial charge in [0.05, 0.1) is 4.91 Å². The first-order valence-electron chi connectivity index (χ1n) is 4.22. The van der Waals surface area contributed by atoms with Crippen molar-refractivity contribution in [3.05, 3.63) is 58.7 Å². The largest absolute Gasteiger partial charge is 0.106 e. The Balaban J connectivity index is 2.14. The molecule has 13 heavy (non-hydrogen) atoms. The van der Waals surface area contributed by atoms with Crippen LogP contribution in [0.25, 0.3) is 0 Å². The van der Waals surface area contributed by atoms with Crippen molar-refractivity contribution < 1.29 is 0 Å². The van der Waals surface area contributed by atoms with E-state index in [1.165, 1.54) is 15.4 Å². The van der Waals surface area contributed by atoms with E-state index in [2.05, 4.69) is 43.0 Å². The number of aryl methyl sites for hydroxylation is 1. The van der Waals surface area contributed by atoms with E-state index >= 15 is 0 Å². The van der Waals surface area contributed by atoms with Gasteiger partial charge in [-0.1, -0.05) is 35.5 Å². The minimum absolute atomic E-state index is 1.18. The van der Waals surface area contributed by atoms with Crippen LogP contribution in [0.2, 0.25) is 0 Å². The van der Waals surface area contributed by atoms with E-state index in [1.807, 2.05) is 12.2 Å². The van der Waals surface area contributed by atoms with Gasteiger partial charge in [-0.25, -0.2) is 0 Å². The summed E-state index contributed by atoms with van der Waals surface area (Å²) in [7, 11) is 0. The molecule has 2 rings (SSSR count). The van der Waals surface area contributed by atoms with Crippen molar-refractivity contribution >= 4 is 11.8 Å². The lowest BCUT2D eigenvalue weighted by Gasteiger charge is -1.99. The molecule has 1 aromatic carbocycles. The predicted molar refractivity (Wildman–Crippen MR) is 57.8 cm³/mol. The van der Waals surface area contributed by atoms with Crippen molar-refractivity contribution in [2.24, 2.45) is 0 Å². The van der Waals surface area contributed by atoms with Gasteiger partial charge < -0.3 is 0 Å². The summed E-state index contributed by atoms with van der Waals surface area (Å²) in [4.78, 5) is 2.46. The van der Waals surface area contributed by atoms with Crippen LogP contribution in [0.5, 0.6) is 0 Å². The number of benzene rings is 1. The average molecular weight is 186 g/mol. The molecule has 0 unspecified atom stereocenters. The molecular weight excluding hydrogens is 176 g/mol. The average Bonchev–Trinajstić information content (AvgIpc) is 2.62. The maximum Gasteiger partial charge on any atom is 0.0541 e. The third kappa shape index (κ3) is 2.15. The van der Waals surface area contributed by atoms with E-state index in [0.717, 1.165) is 0 Å². The summed E-state index contributed by atoms with van der Waals surface area (Å²) in [5, 5.41) is 0. The Bertz CT molecular complexity index is 390. The zero-order valence-corrected chi connectivity index (χ0v) is 8.27. The minimum atomic E-state index is 1.18. The van der Waals surface area contributed by atoms with E-state index < -0.39 is 0 Å². The number of allylic oxidation sites excluding steroid dienone is 2. The third-order valence-electron chi connectivity index (χ3n) is 1.82. The lowest BCUT2D eigenvalue weighted by molar-refractivity contribution is 1.38. The molecule has 1 aromatic rings. The van der Waals surface area contributed by atoms with E-state index in [4.69, 9.17) is 0 Å². The van der Waals surface area contributed by atoms with Gasteiger partial charge in [0.2, 0.25) is 0 Å². The molecule has 0 saturated carbocycles. The summed E-state index contributed by atoms with van der Waals surface area (Å²) in [6, 6.07) is 8.54. The second kappa shape index (κ2) is 3.69. The van der Waals surface area contributed by atoms with Gasteiger partial charge in [0.25, 0.3) is 0 Å². The lowest BCUT2D eigenvalue weighted by atomic mass is 10.2. The molecule has 0 aliphatic heterocycles. The van der Waals surface area contributed by atoms with Crippen LogP contribution in [0.1, 0.15) is 5.56 Å². The molecule has 0 nitrogen and oxygen atoms in total. The number of hydrogen-bond donors (Lipinski definition) is 0. The number of thioether (sulfide) groups is 1. The van der Waals surface area contributed by atoms with Gasteiger partial charge in [-0.3, -0.25) is 0 Å². The SMILES string of the molecule is Cc1ccc(SC2=C=CC=C2)cc1. The molecule has 1 heteroatoms. The zero-order chi connectivity index (χ0) is 9.10. The second-order valence-corrected chi connectivity index (χ2v) is 4.06. The van der Waals surface area contributed by atoms with Gasteiger partial charge in [0.15, 0.2) is 0 Å². The normalized spacial score (nSPS) is 13.5. The van der Waals surface area contributed by atoms with Gasteiger partial charge in [-0.15, -0.1) is 5.73 Å². The first-order valence-corrected chi connectivity index (χ1v) is 5.04. The molecule has 1 aliphatic rings. The van der Waals surface area contributed by atoms with E-state index in [9.17, 15) is 0 Å². The van der Waals surface area contributed by atoms with Crippen LogP contribution in [-0.2, 0) is 0 Å². The standard InChI is InChI=1S/C12H10S/c1-10-6-8-12(9-7-10)13-11-4-2-3-5-11/h2-4,6-9H,1H3. The fourth-order valence-electron chi connectivity index (χ4n) is 1.11. The Labute approximate surface area is 82.7 Å². The Hall–Kier alpha value is -1.17. The summed E-state index contributed by atoms with van der Waals surface area (Å²) in [5.74, 6) is 0. The van der Waals surface area contributed by atoms with Gasteiger partial charge in [-0.05, 0) is 31.2 Å². The number of hydrogen-bond acceptors (Lipinski definition) is 1. The van der Waals surface area contributed by atoms with Gasteiger partial charge in [0.1, 0.15) is 0 Å². The van der Waals surface area contributed by atoms with Crippen molar-refractivity contribution in [2.75, 3.05) is 0 Å². The molecule has 0 fully saturated rings. The molecule has 0 saturated heterocycles. The van der Waals surface area contributed by atoms with Crippen molar-refractivity contribution in [3.63, 3.8) is 0 Å². The summed E-state index contributed by atoms with van der Waals surface area (Å²) < 4.78 is 0. The van der Waals surface area contributed by atoms with Crippen molar-refractivity contribution in [2.45, 2.75) is 11.8 Å². The fraction of sp³-hybridized carbons (Fsp3) is 0.0833. The number of rotatable bonds is 2. The van der Waals surface area contributed by atoms with Gasteiger partial charge >= 0.3 is 0 Å². The molecule has 0 amide bonds. The highest BCUT2D eigenvalue weighted by Gasteiger charge is 1.97. The highest BCUT2D eigenvalue weighted by Crippen LogP contribution is 2.28. The van der Waals surface area contributed by atoms with E-state index in [1.54, 1.807) is 11.8 Å². The topological polar surface area (TPSA) is 0 Å². The van der Waals surface area contributed by atoms with Crippen LogP contribution in [0.4, 0.5) is 0 Å². The predicted octanol–water partition coefficient (Wildman–Crippen LogP) is 3.70. The first-order chi connectivity index (χ1) is 6.34. The molecular formula is C12H10S. The molecule has 0 N–H and O–H groups in total. The summed E-state index contributed by atoms with van der Waals surface area (Å²) >= 11 is 1.75. The highest BCUT2D eigenvalue weighted by atomic mass is 32.2. The fourth-order valence-corrected chi connectivity index (χ4v) is 1.91. The molecule has 0 bridgehead atoms. The molecule has 64 valence electrons. The second-order valence-electron chi connectivity index (χ2n) is 2.95. The maximum atomic E-state index is 3.16.